The number of benzene rings is 2. The van der Waals surface area contributed by atoms with Crippen LogP contribution < -0.4 is 4.90 Å². The molecule has 0 amide bonds. The maximum atomic E-state index is 5.99. The smallest absolute Gasteiger partial charge is 0.206 e. The van der Waals surface area contributed by atoms with Gasteiger partial charge in [0.15, 0.2) is 0 Å². The van der Waals surface area contributed by atoms with E-state index in [0.717, 1.165) is 56.9 Å². The molecule has 2 aromatic heterocycles. The molecule has 0 saturated heterocycles. The second-order valence-corrected chi connectivity index (χ2v) is 8.37. The van der Waals surface area contributed by atoms with E-state index in [0.29, 0.717) is 0 Å². The first kappa shape index (κ1) is 18.2. The number of anilines is 1. The van der Waals surface area contributed by atoms with Crippen molar-refractivity contribution in [1.29, 1.82) is 0 Å². The van der Waals surface area contributed by atoms with Gasteiger partial charge in [-0.05, 0) is 54.7 Å². The minimum atomic E-state index is 0.740. The molecule has 146 valence electrons. The van der Waals surface area contributed by atoms with E-state index in [2.05, 4.69) is 58.9 Å². The van der Waals surface area contributed by atoms with Gasteiger partial charge in [-0.25, -0.2) is 4.98 Å². The molecule has 2 aromatic carbocycles. The van der Waals surface area contributed by atoms with Gasteiger partial charge in [-0.2, -0.15) is 0 Å². The van der Waals surface area contributed by atoms with E-state index in [-0.39, 0.29) is 0 Å². The van der Waals surface area contributed by atoms with Crippen LogP contribution in [0.4, 0.5) is 5.95 Å². The van der Waals surface area contributed by atoms with E-state index in [9.17, 15) is 0 Å². The van der Waals surface area contributed by atoms with Crippen LogP contribution in [0.2, 0.25) is 5.02 Å². The highest BCUT2D eigenvalue weighted by Crippen LogP contribution is 2.32. The van der Waals surface area contributed by atoms with E-state index < -0.39 is 0 Å². The summed E-state index contributed by atoms with van der Waals surface area (Å²) >= 11 is 5.99. The Morgan fingerprint density at radius 1 is 1.00 bits per heavy atom. The number of pyridine rings is 1. The van der Waals surface area contributed by atoms with Crippen LogP contribution in [0.3, 0.4) is 0 Å². The van der Waals surface area contributed by atoms with Gasteiger partial charge in [0.2, 0.25) is 5.95 Å². The van der Waals surface area contributed by atoms with Crippen LogP contribution in [-0.2, 0) is 7.05 Å². The Kier molecular flexibility index (Phi) is 4.51. The van der Waals surface area contributed by atoms with Crippen LogP contribution in [0.25, 0.3) is 33.4 Å². The molecule has 0 bridgehead atoms. The summed E-state index contributed by atoms with van der Waals surface area (Å²) in [6, 6.07) is 18.4. The Labute approximate surface area is 175 Å². The van der Waals surface area contributed by atoms with Crippen molar-refractivity contribution >= 4 is 28.6 Å². The van der Waals surface area contributed by atoms with Crippen molar-refractivity contribution in [2.75, 3.05) is 18.5 Å². The van der Waals surface area contributed by atoms with Crippen LogP contribution in [0, 0.1) is 5.92 Å². The lowest BCUT2D eigenvalue weighted by molar-refractivity contribution is 0.746. The summed E-state index contributed by atoms with van der Waals surface area (Å²) < 4.78 is 2.18. The summed E-state index contributed by atoms with van der Waals surface area (Å²) in [6.45, 7) is 1.08. The fraction of sp³-hybridized carbons (Fsp3) is 0.250. The van der Waals surface area contributed by atoms with Gasteiger partial charge in [-0.1, -0.05) is 35.9 Å². The molecule has 1 fully saturated rings. The Bertz CT molecular complexity index is 1160. The van der Waals surface area contributed by atoms with Crippen molar-refractivity contribution in [3.63, 3.8) is 0 Å². The first-order valence-electron chi connectivity index (χ1n) is 9.98. The van der Waals surface area contributed by atoms with Crippen molar-refractivity contribution in [3.05, 3.63) is 65.8 Å². The van der Waals surface area contributed by atoms with Gasteiger partial charge in [0.1, 0.15) is 0 Å². The standard InChI is InChI=1S/C24H23ClN4/c1-28(15-16-3-4-16)24-27-22-13-18(8-12-23(22)29(24)2)21-11-7-19(14-26-21)17-5-9-20(25)10-6-17/h5-14,16H,3-4,15H2,1-2H3. The van der Waals surface area contributed by atoms with Gasteiger partial charge in [0.25, 0.3) is 0 Å². The lowest BCUT2D eigenvalue weighted by Gasteiger charge is -2.17. The summed E-state index contributed by atoms with van der Waals surface area (Å²) in [7, 11) is 4.23. The van der Waals surface area contributed by atoms with E-state index >= 15 is 0 Å². The third-order valence-corrected chi connectivity index (χ3v) is 5.92. The van der Waals surface area contributed by atoms with Crippen LogP contribution in [0.5, 0.6) is 0 Å². The highest BCUT2D eigenvalue weighted by Gasteiger charge is 2.24. The third-order valence-electron chi connectivity index (χ3n) is 5.66. The first-order chi connectivity index (χ1) is 14.1. The molecule has 29 heavy (non-hydrogen) atoms. The highest BCUT2D eigenvalue weighted by molar-refractivity contribution is 6.30. The number of rotatable bonds is 5. The largest absolute Gasteiger partial charge is 0.345 e. The Morgan fingerprint density at radius 3 is 2.41 bits per heavy atom. The molecule has 0 aliphatic heterocycles. The van der Waals surface area contributed by atoms with Crippen LogP contribution in [0.1, 0.15) is 12.8 Å². The van der Waals surface area contributed by atoms with E-state index in [1.165, 1.54) is 12.8 Å². The summed E-state index contributed by atoms with van der Waals surface area (Å²) in [4.78, 5) is 11.9. The first-order valence-corrected chi connectivity index (χ1v) is 10.4. The molecule has 5 heteroatoms. The fourth-order valence-electron chi connectivity index (χ4n) is 3.83. The molecule has 4 nitrogen and oxygen atoms in total. The number of imidazole rings is 1. The maximum absolute atomic E-state index is 5.99. The van der Waals surface area contributed by atoms with E-state index in [4.69, 9.17) is 16.6 Å². The van der Waals surface area contributed by atoms with Crippen LogP contribution in [-0.4, -0.2) is 28.1 Å². The zero-order chi connectivity index (χ0) is 20.0. The molecule has 0 N–H and O–H groups in total. The molecule has 0 spiro atoms. The van der Waals surface area contributed by atoms with Gasteiger partial charge in [0.05, 0.1) is 16.7 Å². The summed E-state index contributed by atoms with van der Waals surface area (Å²) in [5.74, 6) is 1.86. The minimum Gasteiger partial charge on any atom is -0.345 e. The normalized spacial score (nSPS) is 13.8. The second kappa shape index (κ2) is 7.20. The van der Waals surface area contributed by atoms with Crippen molar-refractivity contribution in [2.24, 2.45) is 13.0 Å². The van der Waals surface area contributed by atoms with Gasteiger partial charge in [-0.15, -0.1) is 0 Å². The van der Waals surface area contributed by atoms with E-state index in [1.807, 2.05) is 30.5 Å². The zero-order valence-electron chi connectivity index (χ0n) is 16.6. The topological polar surface area (TPSA) is 34.0 Å². The van der Waals surface area contributed by atoms with Crippen LogP contribution >= 0.6 is 11.6 Å². The van der Waals surface area contributed by atoms with Crippen molar-refractivity contribution in [3.8, 4) is 22.4 Å². The molecule has 0 unspecified atom stereocenters. The number of fused-ring (bicyclic) bond motifs is 1. The Balaban J connectivity index is 1.44. The lowest BCUT2D eigenvalue weighted by Crippen LogP contribution is -2.23. The molecule has 1 aliphatic carbocycles. The average molecular weight is 403 g/mol. The Hall–Kier alpha value is -2.85. The number of aryl methyl sites for hydroxylation is 1. The zero-order valence-corrected chi connectivity index (χ0v) is 17.4. The quantitative estimate of drug-likeness (QED) is 0.423. The Morgan fingerprint density at radius 2 is 1.72 bits per heavy atom. The molecule has 5 rings (SSSR count). The number of hydrogen-bond donors (Lipinski definition) is 0. The average Bonchev–Trinajstić information content (AvgIpc) is 3.49. The van der Waals surface area contributed by atoms with Crippen molar-refractivity contribution in [2.45, 2.75) is 12.8 Å². The summed E-state index contributed by atoms with van der Waals surface area (Å²) in [5.41, 5.74) is 6.36. The van der Waals surface area contributed by atoms with Crippen LogP contribution in [0.15, 0.2) is 60.8 Å². The van der Waals surface area contributed by atoms with E-state index in [1.54, 1.807) is 0 Å². The molecule has 2 heterocycles. The van der Waals surface area contributed by atoms with Gasteiger partial charge >= 0.3 is 0 Å². The fourth-order valence-corrected chi connectivity index (χ4v) is 3.96. The second-order valence-electron chi connectivity index (χ2n) is 7.94. The number of nitrogens with zero attached hydrogens (tertiary/aromatic N) is 4. The van der Waals surface area contributed by atoms with Crippen molar-refractivity contribution < 1.29 is 0 Å². The molecular formula is C24H23ClN4. The molecule has 0 atom stereocenters. The predicted octanol–water partition coefficient (Wildman–Crippen LogP) is 5.80. The molecule has 1 saturated carbocycles. The van der Waals surface area contributed by atoms with Crippen molar-refractivity contribution in [1.82, 2.24) is 14.5 Å². The monoisotopic (exact) mass is 402 g/mol. The predicted molar refractivity (Wildman–Crippen MR) is 120 cm³/mol. The van der Waals surface area contributed by atoms with Gasteiger partial charge < -0.3 is 9.47 Å². The molecule has 0 radical (unpaired) electrons. The number of hydrogen-bond acceptors (Lipinski definition) is 3. The maximum Gasteiger partial charge on any atom is 0.206 e. The van der Waals surface area contributed by atoms with Gasteiger partial charge in [0, 0.05) is 43.0 Å². The highest BCUT2D eigenvalue weighted by atomic mass is 35.5. The number of aromatic nitrogens is 3. The third kappa shape index (κ3) is 3.60. The minimum absolute atomic E-state index is 0.740. The SMILES string of the molecule is CN(CC1CC1)c1nc2cc(-c3ccc(-c4ccc(Cl)cc4)cn3)ccc2n1C. The summed E-state index contributed by atoms with van der Waals surface area (Å²) in [5, 5.41) is 0.740. The van der Waals surface area contributed by atoms with Gasteiger partial charge in [-0.3, -0.25) is 4.98 Å². The number of halogens is 1. The molecular weight excluding hydrogens is 380 g/mol. The molecule has 1 aliphatic rings. The lowest BCUT2D eigenvalue weighted by atomic mass is 10.1. The molecule has 4 aromatic rings. The summed E-state index contributed by atoms with van der Waals surface area (Å²) in [6.07, 6.45) is 4.60.